The highest BCUT2D eigenvalue weighted by molar-refractivity contribution is 5.93. The van der Waals surface area contributed by atoms with E-state index in [1.807, 2.05) is 0 Å². The summed E-state index contributed by atoms with van der Waals surface area (Å²) in [5.41, 5.74) is 1.59. The third kappa shape index (κ3) is 3.11. The van der Waals surface area contributed by atoms with Gasteiger partial charge in [0.15, 0.2) is 0 Å². The van der Waals surface area contributed by atoms with Crippen molar-refractivity contribution in [2.45, 2.75) is 12.4 Å². The molecule has 0 radical (unpaired) electrons. The SMILES string of the molecule is NC(=[NH2+])c1cc(C(F)(F)F)cc(C(F)(F)F)c1. The molecule has 0 unspecified atom stereocenters. The second-order valence-electron chi connectivity index (χ2n) is 3.25. The number of hydrogen-bond donors (Lipinski definition) is 2. The van der Waals surface area contributed by atoms with E-state index in [9.17, 15) is 26.3 Å². The number of rotatable bonds is 1. The van der Waals surface area contributed by atoms with E-state index in [2.05, 4.69) is 0 Å². The molecule has 1 aromatic carbocycles. The van der Waals surface area contributed by atoms with Gasteiger partial charge in [-0.3, -0.25) is 11.1 Å². The molecule has 0 aliphatic rings. The predicted molar refractivity (Wildman–Crippen MR) is 46.7 cm³/mol. The van der Waals surface area contributed by atoms with Crippen LogP contribution in [0.1, 0.15) is 16.7 Å². The number of benzene rings is 1. The zero-order valence-electron chi connectivity index (χ0n) is 8.15. The molecule has 0 aliphatic carbocycles. The Morgan fingerprint density at radius 1 is 0.882 bits per heavy atom. The van der Waals surface area contributed by atoms with Crippen LogP contribution in [0, 0.1) is 0 Å². The summed E-state index contributed by atoms with van der Waals surface area (Å²) < 4.78 is 74.0. The highest BCUT2D eigenvalue weighted by Gasteiger charge is 2.37. The van der Waals surface area contributed by atoms with E-state index in [4.69, 9.17) is 11.1 Å². The molecule has 94 valence electrons. The quantitative estimate of drug-likeness (QED) is 0.443. The molecular formula is C9H7F6N2+. The summed E-state index contributed by atoms with van der Waals surface area (Å²) in [4.78, 5) is 0. The Morgan fingerprint density at radius 2 is 1.24 bits per heavy atom. The molecule has 0 spiro atoms. The van der Waals surface area contributed by atoms with Crippen LogP contribution in [0.15, 0.2) is 18.2 Å². The first kappa shape index (κ1) is 13.3. The highest BCUT2D eigenvalue weighted by Crippen LogP contribution is 2.36. The van der Waals surface area contributed by atoms with Crippen LogP contribution in [-0.4, -0.2) is 5.84 Å². The van der Waals surface area contributed by atoms with Gasteiger partial charge in [0.25, 0.3) is 5.84 Å². The lowest BCUT2D eigenvalue weighted by molar-refractivity contribution is -0.143. The zero-order valence-corrected chi connectivity index (χ0v) is 8.15. The summed E-state index contributed by atoms with van der Waals surface area (Å²) in [6.45, 7) is 0. The minimum Gasteiger partial charge on any atom is -0.287 e. The van der Waals surface area contributed by atoms with Crippen molar-refractivity contribution in [2.24, 2.45) is 5.73 Å². The molecule has 0 bridgehead atoms. The van der Waals surface area contributed by atoms with Crippen LogP contribution in [0.5, 0.6) is 0 Å². The van der Waals surface area contributed by atoms with E-state index >= 15 is 0 Å². The van der Waals surface area contributed by atoms with Crippen LogP contribution in [0.25, 0.3) is 0 Å². The van der Waals surface area contributed by atoms with Crippen LogP contribution >= 0.6 is 0 Å². The van der Waals surface area contributed by atoms with Crippen molar-refractivity contribution in [3.05, 3.63) is 34.9 Å². The van der Waals surface area contributed by atoms with Crippen molar-refractivity contribution in [3.8, 4) is 0 Å². The van der Waals surface area contributed by atoms with Gasteiger partial charge in [-0.1, -0.05) is 0 Å². The maximum atomic E-state index is 12.3. The van der Waals surface area contributed by atoms with Crippen LogP contribution in [-0.2, 0) is 12.4 Å². The Morgan fingerprint density at radius 3 is 1.47 bits per heavy atom. The first-order valence-electron chi connectivity index (χ1n) is 4.19. The minimum atomic E-state index is -4.90. The van der Waals surface area contributed by atoms with E-state index in [1.54, 1.807) is 0 Å². The molecular weight excluding hydrogens is 250 g/mol. The van der Waals surface area contributed by atoms with Gasteiger partial charge in [-0.15, -0.1) is 0 Å². The topological polar surface area (TPSA) is 51.6 Å². The molecule has 0 saturated carbocycles. The molecule has 0 aliphatic heterocycles. The van der Waals surface area contributed by atoms with Gasteiger partial charge in [0.2, 0.25) is 0 Å². The van der Waals surface area contributed by atoms with Gasteiger partial charge >= 0.3 is 12.4 Å². The summed E-state index contributed by atoms with van der Waals surface area (Å²) in [6.07, 6.45) is -9.79. The van der Waals surface area contributed by atoms with Crippen molar-refractivity contribution in [3.63, 3.8) is 0 Å². The van der Waals surface area contributed by atoms with Gasteiger partial charge < -0.3 is 0 Å². The van der Waals surface area contributed by atoms with E-state index in [0.717, 1.165) is 0 Å². The van der Waals surface area contributed by atoms with Crippen molar-refractivity contribution in [1.29, 1.82) is 0 Å². The van der Waals surface area contributed by atoms with Crippen molar-refractivity contribution < 1.29 is 31.8 Å². The monoisotopic (exact) mass is 257 g/mol. The van der Waals surface area contributed by atoms with Crippen LogP contribution in [0.2, 0.25) is 0 Å². The number of amidine groups is 1. The van der Waals surface area contributed by atoms with E-state index < -0.39 is 34.9 Å². The summed E-state index contributed by atoms with van der Waals surface area (Å²) in [7, 11) is 0. The lowest BCUT2D eigenvalue weighted by atomic mass is 10.0. The Labute approximate surface area is 91.5 Å². The fourth-order valence-corrected chi connectivity index (χ4v) is 1.12. The first-order chi connectivity index (χ1) is 7.51. The van der Waals surface area contributed by atoms with Crippen molar-refractivity contribution >= 4 is 5.84 Å². The maximum Gasteiger partial charge on any atom is 0.416 e. The van der Waals surface area contributed by atoms with E-state index in [0.29, 0.717) is 12.1 Å². The van der Waals surface area contributed by atoms with Gasteiger partial charge in [0, 0.05) is 0 Å². The Hall–Kier alpha value is -1.73. The van der Waals surface area contributed by atoms with Crippen molar-refractivity contribution in [1.82, 2.24) is 0 Å². The Kier molecular flexibility index (Phi) is 3.09. The van der Waals surface area contributed by atoms with Gasteiger partial charge in [-0.05, 0) is 18.2 Å². The Bertz CT molecular complexity index is 414. The average molecular weight is 257 g/mol. The highest BCUT2D eigenvalue weighted by atomic mass is 19.4. The van der Waals surface area contributed by atoms with Gasteiger partial charge in [-0.25, -0.2) is 0 Å². The number of hydrogen-bond acceptors (Lipinski definition) is 0. The lowest BCUT2D eigenvalue weighted by Gasteiger charge is -2.12. The summed E-state index contributed by atoms with van der Waals surface area (Å²) >= 11 is 0. The lowest BCUT2D eigenvalue weighted by Crippen LogP contribution is -2.46. The van der Waals surface area contributed by atoms with Gasteiger partial charge in [0.05, 0.1) is 16.7 Å². The minimum absolute atomic E-state index is 0.00639. The van der Waals surface area contributed by atoms with Gasteiger partial charge in [0.1, 0.15) is 0 Å². The fraction of sp³-hybridized carbons (Fsp3) is 0.222. The average Bonchev–Trinajstić information content (AvgIpc) is 2.14. The molecule has 1 aromatic rings. The summed E-state index contributed by atoms with van der Waals surface area (Å²) in [5, 5.41) is 5.00. The number of alkyl halides is 6. The molecule has 0 amide bonds. The third-order valence-electron chi connectivity index (χ3n) is 1.92. The molecule has 8 heteroatoms. The van der Waals surface area contributed by atoms with Crippen molar-refractivity contribution in [2.75, 3.05) is 0 Å². The molecule has 0 atom stereocenters. The second-order valence-corrected chi connectivity index (χ2v) is 3.25. The number of halogens is 6. The number of nitrogens with two attached hydrogens (primary N) is 2. The molecule has 0 fully saturated rings. The van der Waals surface area contributed by atoms with E-state index in [1.165, 1.54) is 0 Å². The molecule has 2 nitrogen and oxygen atoms in total. The maximum absolute atomic E-state index is 12.3. The van der Waals surface area contributed by atoms with Crippen LogP contribution in [0.3, 0.4) is 0 Å². The fourth-order valence-electron chi connectivity index (χ4n) is 1.12. The molecule has 0 saturated heterocycles. The molecule has 17 heavy (non-hydrogen) atoms. The normalized spacial score (nSPS) is 12.6. The zero-order chi connectivity index (χ0) is 13.4. The molecule has 0 aromatic heterocycles. The van der Waals surface area contributed by atoms with Crippen LogP contribution < -0.4 is 11.1 Å². The summed E-state index contributed by atoms with van der Waals surface area (Å²) in [6, 6.07) is 0.932. The van der Waals surface area contributed by atoms with E-state index in [-0.39, 0.29) is 6.07 Å². The van der Waals surface area contributed by atoms with Crippen LogP contribution in [0.4, 0.5) is 26.3 Å². The Balaban J connectivity index is 3.45. The third-order valence-corrected chi connectivity index (χ3v) is 1.92. The molecule has 0 heterocycles. The van der Waals surface area contributed by atoms with Gasteiger partial charge in [-0.2, -0.15) is 26.3 Å². The summed E-state index contributed by atoms with van der Waals surface area (Å²) in [5.74, 6) is -0.610. The predicted octanol–water partition coefficient (Wildman–Crippen LogP) is 1.19. The standard InChI is InChI=1S/C9H6F6N2/c10-8(11,12)5-1-4(7(16)17)2-6(3-5)9(13,14)15/h1-3H,(H3,16,17)/p+1. The molecule has 1 rings (SSSR count). The largest absolute Gasteiger partial charge is 0.416 e. The molecule has 4 N–H and O–H groups in total. The second kappa shape index (κ2) is 3.94. The first-order valence-corrected chi connectivity index (χ1v) is 4.19. The smallest absolute Gasteiger partial charge is 0.287 e.